The van der Waals surface area contributed by atoms with Gasteiger partial charge >= 0.3 is 0 Å². The molecule has 0 unspecified atom stereocenters. The number of rotatable bonds is 25. The van der Waals surface area contributed by atoms with Gasteiger partial charge in [-0.25, -0.2) is 0 Å². The lowest BCUT2D eigenvalue weighted by Gasteiger charge is -2.08. The predicted octanol–water partition coefficient (Wildman–Crippen LogP) is 9.74. The van der Waals surface area contributed by atoms with Crippen molar-refractivity contribution in [2.75, 3.05) is 20.6 Å². The van der Waals surface area contributed by atoms with Crippen molar-refractivity contribution in [3.05, 3.63) is 6.92 Å². The zero-order valence-electron chi connectivity index (χ0n) is 20.8. The van der Waals surface area contributed by atoms with Gasteiger partial charge in [-0.2, -0.15) is 0 Å². The van der Waals surface area contributed by atoms with E-state index in [1.54, 1.807) is 0 Å². The Kier molecular flexibility index (Phi) is 26.0. The Morgan fingerprint density at radius 3 is 0.759 bits per heavy atom. The van der Waals surface area contributed by atoms with E-state index in [0.717, 1.165) is 6.42 Å². The number of nitrogens with zero attached hydrogens (tertiary/aromatic N) is 1. The maximum Gasteiger partial charge on any atom is -0.00248 e. The highest BCUT2D eigenvalue weighted by molar-refractivity contribution is 4.52. The van der Waals surface area contributed by atoms with Crippen LogP contribution in [0.3, 0.4) is 0 Å². The third-order valence-corrected chi connectivity index (χ3v) is 6.36. The van der Waals surface area contributed by atoms with Gasteiger partial charge in [-0.1, -0.05) is 155 Å². The van der Waals surface area contributed by atoms with Crippen LogP contribution in [0.15, 0.2) is 0 Å². The number of unbranched alkanes of at least 4 members (excludes halogenated alkanes) is 23. The Morgan fingerprint density at radius 1 is 0.345 bits per heavy atom. The Morgan fingerprint density at radius 2 is 0.552 bits per heavy atom. The van der Waals surface area contributed by atoms with Crippen LogP contribution in [0.4, 0.5) is 0 Å². The minimum Gasteiger partial charge on any atom is -0.309 e. The summed E-state index contributed by atoms with van der Waals surface area (Å²) < 4.78 is 0. The molecule has 0 aromatic heterocycles. The Hall–Kier alpha value is -0.0400. The minimum absolute atomic E-state index is 1.12. The van der Waals surface area contributed by atoms with Crippen molar-refractivity contribution in [2.24, 2.45) is 0 Å². The monoisotopic (exact) mass is 408 g/mol. The molecule has 0 aromatic rings. The van der Waals surface area contributed by atoms with E-state index in [-0.39, 0.29) is 0 Å². The van der Waals surface area contributed by atoms with Crippen LogP contribution in [0.25, 0.3) is 0 Å². The summed E-state index contributed by atoms with van der Waals surface area (Å²) in [5, 5.41) is 0. The fourth-order valence-corrected chi connectivity index (χ4v) is 4.32. The van der Waals surface area contributed by atoms with E-state index < -0.39 is 0 Å². The zero-order chi connectivity index (χ0) is 21.3. The Labute approximate surface area is 186 Å². The third kappa shape index (κ3) is 28.0. The second-order valence-electron chi connectivity index (χ2n) is 9.79. The molecule has 0 fully saturated rings. The van der Waals surface area contributed by atoms with E-state index in [1.165, 1.54) is 154 Å². The Bertz CT molecular complexity index is 273. The topological polar surface area (TPSA) is 3.24 Å². The largest absolute Gasteiger partial charge is 0.309 e. The highest BCUT2D eigenvalue weighted by Crippen LogP contribution is 2.15. The van der Waals surface area contributed by atoms with Crippen LogP contribution in [-0.4, -0.2) is 25.5 Å². The van der Waals surface area contributed by atoms with Crippen molar-refractivity contribution in [1.82, 2.24) is 4.90 Å². The molecule has 0 saturated carbocycles. The van der Waals surface area contributed by atoms with Crippen LogP contribution in [0.5, 0.6) is 0 Å². The maximum atomic E-state index is 3.91. The normalized spacial score (nSPS) is 11.6. The van der Waals surface area contributed by atoms with Gasteiger partial charge in [-0.05, 0) is 27.1 Å². The van der Waals surface area contributed by atoms with E-state index in [0.29, 0.717) is 0 Å². The zero-order valence-corrected chi connectivity index (χ0v) is 20.8. The van der Waals surface area contributed by atoms with Gasteiger partial charge in [0.15, 0.2) is 0 Å². The predicted molar refractivity (Wildman–Crippen MR) is 135 cm³/mol. The molecule has 1 nitrogen and oxygen atoms in total. The average Bonchev–Trinajstić information content (AvgIpc) is 2.71. The van der Waals surface area contributed by atoms with Crippen LogP contribution in [-0.2, 0) is 0 Å². The van der Waals surface area contributed by atoms with Gasteiger partial charge in [0.2, 0.25) is 0 Å². The highest BCUT2D eigenvalue weighted by atomic mass is 15.0. The van der Waals surface area contributed by atoms with Gasteiger partial charge in [-0.15, -0.1) is 0 Å². The first-order valence-electron chi connectivity index (χ1n) is 13.7. The lowest BCUT2D eigenvalue weighted by atomic mass is 10.0. The first-order valence-corrected chi connectivity index (χ1v) is 13.7. The molecule has 0 heterocycles. The molecule has 1 radical (unpaired) electrons. The summed E-state index contributed by atoms with van der Waals surface area (Å²) in [5.41, 5.74) is 0. The van der Waals surface area contributed by atoms with Crippen LogP contribution in [0.1, 0.15) is 154 Å². The molecule has 0 amide bonds. The van der Waals surface area contributed by atoms with Crippen molar-refractivity contribution in [1.29, 1.82) is 0 Å². The standard InChI is InChI=1S/C28H58N/c1-4-5-6-7-8-9-10-11-12-13-14-15-16-17-18-19-20-21-22-23-24-25-26-27-28-29(2)3/h1,4-28H2,2-3H3. The van der Waals surface area contributed by atoms with Gasteiger partial charge in [-0.3, -0.25) is 0 Å². The molecule has 0 spiro atoms. The van der Waals surface area contributed by atoms with Crippen LogP contribution in [0, 0.1) is 6.92 Å². The summed E-state index contributed by atoms with van der Waals surface area (Å²) in [7, 11) is 4.36. The van der Waals surface area contributed by atoms with Gasteiger partial charge in [0.05, 0.1) is 0 Å². The van der Waals surface area contributed by atoms with Crippen LogP contribution < -0.4 is 0 Å². The molecule has 0 N–H and O–H groups in total. The van der Waals surface area contributed by atoms with Crippen LogP contribution >= 0.6 is 0 Å². The van der Waals surface area contributed by atoms with Gasteiger partial charge in [0.25, 0.3) is 0 Å². The summed E-state index contributed by atoms with van der Waals surface area (Å²) in [4.78, 5) is 2.30. The molecule has 0 aliphatic carbocycles. The van der Waals surface area contributed by atoms with E-state index in [1.807, 2.05) is 0 Å². The van der Waals surface area contributed by atoms with Gasteiger partial charge in [0, 0.05) is 0 Å². The minimum atomic E-state index is 1.12. The SMILES string of the molecule is [CH2]CCCCCCCCCCCCCCCCCCCCCCCCCN(C)C. The highest BCUT2D eigenvalue weighted by Gasteiger charge is 1.96. The third-order valence-electron chi connectivity index (χ3n) is 6.36. The number of hydrogen-bond acceptors (Lipinski definition) is 1. The Balaban J connectivity index is 2.98. The molecule has 1 heteroatoms. The van der Waals surface area contributed by atoms with E-state index in [4.69, 9.17) is 0 Å². The molecule has 0 aromatic carbocycles. The fourth-order valence-electron chi connectivity index (χ4n) is 4.32. The molecular formula is C28H58N. The molecule has 0 bridgehead atoms. The number of hydrogen-bond donors (Lipinski definition) is 0. The smallest absolute Gasteiger partial charge is 0.00248 e. The van der Waals surface area contributed by atoms with Crippen LogP contribution in [0.2, 0.25) is 0 Å². The van der Waals surface area contributed by atoms with Crippen molar-refractivity contribution in [3.63, 3.8) is 0 Å². The van der Waals surface area contributed by atoms with E-state index in [2.05, 4.69) is 25.9 Å². The quantitative estimate of drug-likeness (QED) is 0.136. The summed E-state index contributed by atoms with van der Waals surface area (Å²) in [6.45, 7) is 5.18. The molecular weight excluding hydrogens is 350 g/mol. The molecule has 0 aliphatic rings. The first kappa shape index (κ1) is 29.0. The van der Waals surface area contributed by atoms with Crippen molar-refractivity contribution >= 4 is 0 Å². The molecule has 0 atom stereocenters. The maximum absolute atomic E-state index is 3.91. The van der Waals surface area contributed by atoms with E-state index >= 15 is 0 Å². The summed E-state index contributed by atoms with van der Waals surface area (Å²) in [5.74, 6) is 0. The lowest BCUT2D eigenvalue weighted by Crippen LogP contribution is -2.12. The molecule has 0 aliphatic heterocycles. The van der Waals surface area contributed by atoms with Crippen molar-refractivity contribution < 1.29 is 0 Å². The molecule has 29 heavy (non-hydrogen) atoms. The first-order chi connectivity index (χ1) is 14.3. The molecule has 0 rings (SSSR count). The summed E-state index contributed by atoms with van der Waals surface area (Å²) in [6, 6.07) is 0. The second kappa shape index (κ2) is 26.0. The lowest BCUT2D eigenvalue weighted by molar-refractivity contribution is 0.389. The fraction of sp³-hybridized carbons (Fsp3) is 0.964. The van der Waals surface area contributed by atoms with Crippen molar-refractivity contribution in [2.45, 2.75) is 154 Å². The van der Waals surface area contributed by atoms with Gasteiger partial charge in [0.1, 0.15) is 0 Å². The molecule has 0 saturated heterocycles. The second-order valence-corrected chi connectivity index (χ2v) is 9.79. The van der Waals surface area contributed by atoms with Crippen molar-refractivity contribution in [3.8, 4) is 0 Å². The summed E-state index contributed by atoms with van der Waals surface area (Å²) >= 11 is 0. The summed E-state index contributed by atoms with van der Waals surface area (Å²) in [6.07, 6.45) is 34.7. The molecule has 175 valence electrons. The average molecular weight is 409 g/mol. The van der Waals surface area contributed by atoms with E-state index in [9.17, 15) is 0 Å². The van der Waals surface area contributed by atoms with Gasteiger partial charge < -0.3 is 4.90 Å².